The summed E-state index contributed by atoms with van der Waals surface area (Å²) in [5, 5.41) is 8.24. The maximum atomic E-state index is 13.0. The van der Waals surface area contributed by atoms with Crippen LogP contribution >= 0.6 is 0 Å². The van der Waals surface area contributed by atoms with Crippen LogP contribution < -0.4 is 5.32 Å². The van der Waals surface area contributed by atoms with Crippen molar-refractivity contribution >= 4 is 16.9 Å². The molecule has 166 valence electrons. The molecule has 0 aromatic carbocycles. The molecule has 9 heteroatoms. The topological polar surface area (TPSA) is 63.1 Å². The van der Waals surface area contributed by atoms with Gasteiger partial charge in [-0.15, -0.1) is 0 Å². The van der Waals surface area contributed by atoms with Crippen LogP contribution in [0.25, 0.3) is 11.0 Å². The van der Waals surface area contributed by atoms with Gasteiger partial charge in [-0.2, -0.15) is 18.3 Å². The SMILES string of the molecule is Cc1nn(C(C)(C)C)c2nc(C3CC3)cc(C(=O)NCCCN(C)CC(F)(F)F)c12. The summed E-state index contributed by atoms with van der Waals surface area (Å²) in [6.45, 7) is 7.59. The van der Waals surface area contributed by atoms with E-state index >= 15 is 0 Å². The van der Waals surface area contributed by atoms with Crippen LogP contribution in [0.3, 0.4) is 0 Å². The van der Waals surface area contributed by atoms with Crippen LogP contribution in [0.5, 0.6) is 0 Å². The second-order valence-electron chi connectivity index (χ2n) is 9.20. The number of carbonyl (C=O) groups is 1. The molecule has 6 nitrogen and oxygen atoms in total. The molecule has 2 aromatic heterocycles. The number of hydrogen-bond acceptors (Lipinski definition) is 4. The van der Waals surface area contributed by atoms with E-state index in [1.54, 1.807) is 0 Å². The fourth-order valence-corrected chi connectivity index (χ4v) is 3.57. The lowest BCUT2D eigenvalue weighted by molar-refractivity contribution is -0.143. The van der Waals surface area contributed by atoms with Gasteiger partial charge < -0.3 is 5.32 Å². The number of aromatic nitrogens is 3. The van der Waals surface area contributed by atoms with Gasteiger partial charge in [-0.05, 0) is 66.6 Å². The van der Waals surface area contributed by atoms with Gasteiger partial charge in [0.2, 0.25) is 0 Å². The van der Waals surface area contributed by atoms with E-state index in [0.717, 1.165) is 29.6 Å². The first-order valence-corrected chi connectivity index (χ1v) is 10.3. The minimum atomic E-state index is -4.22. The number of nitrogens with one attached hydrogen (secondary N) is 1. The molecular weight excluding hydrogens is 395 g/mol. The van der Waals surface area contributed by atoms with E-state index in [1.807, 2.05) is 38.4 Å². The third-order valence-corrected chi connectivity index (χ3v) is 5.16. The largest absolute Gasteiger partial charge is 0.401 e. The minimum Gasteiger partial charge on any atom is -0.352 e. The van der Waals surface area contributed by atoms with Crippen LogP contribution in [0.4, 0.5) is 13.2 Å². The summed E-state index contributed by atoms with van der Waals surface area (Å²) in [6, 6.07) is 1.85. The molecule has 30 heavy (non-hydrogen) atoms. The van der Waals surface area contributed by atoms with E-state index in [0.29, 0.717) is 30.1 Å². The van der Waals surface area contributed by atoms with Crippen molar-refractivity contribution in [3.63, 3.8) is 0 Å². The molecule has 0 aliphatic heterocycles. The van der Waals surface area contributed by atoms with Gasteiger partial charge in [-0.1, -0.05) is 0 Å². The summed E-state index contributed by atoms with van der Waals surface area (Å²) in [6.07, 6.45) is -1.66. The lowest BCUT2D eigenvalue weighted by Crippen LogP contribution is -2.33. The lowest BCUT2D eigenvalue weighted by atomic mass is 10.1. The van der Waals surface area contributed by atoms with Gasteiger partial charge in [-0.25, -0.2) is 9.67 Å². The van der Waals surface area contributed by atoms with Crippen molar-refractivity contribution in [2.45, 2.75) is 64.6 Å². The molecule has 0 spiro atoms. The van der Waals surface area contributed by atoms with Gasteiger partial charge >= 0.3 is 6.18 Å². The van der Waals surface area contributed by atoms with Crippen molar-refractivity contribution in [1.29, 1.82) is 0 Å². The predicted octanol–water partition coefficient (Wildman–Crippen LogP) is 3.99. The van der Waals surface area contributed by atoms with Gasteiger partial charge in [0.15, 0.2) is 5.65 Å². The van der Waals surface area contributed by atoms with Crippen LogP contribution in [0, 0.1) is 6.92 Å². The van der Waals surface area contributed by atoms with Crippen LogP contribution in [-0.4, -0.2) is 58.4 Å². The summed E-state index contributed by atoms with van der Waals surface area (Å²) in [5.74, 6) is 0.139. The molecule has 0 saturated heterocycles. The minimum absolute atomic E-state index is 0.237. The highest BCUT2D eigenvalue weighted by molar-refractivity contribution is 6.06. The third-order valence-electron chi connectivity index (χ3n) is 5.16. The Kier molecular flexibility index (Phi) is 6.13. The molecule has 0 bridgehead atoms. The zero-order valence-electron chi connectivity index (χ0n) is 18.2. The molecule has 1 N–H and O–H groups in total. The highest BCUT2D eigenvalue weighted by Gasteiger charge is 2.31. The van der Waals surface area contributed by atoms with E-state index in [1.165, 1.54) is 11.9 Å². The van der Waals surface area contributed by atoms with Crippen LogP contribution in [0.2, 0.25) is 0 Å². The summed E-state index contributed by atoms with van der Waals surface area (Å²) in [4.78, 5) is 19.0. The molecule has 0 unspecified atom stereocenters. The molecule has 1 aliphatic rings. The van der Waals surface area contributed by atoms with Crippen molar-refractivity contribution in [2.24, 2.45) is 0 Å². The first kappa shape index (κ1) is 22.5. The fourth-order valence-electron chi connectivity index (χ4n) is 3.57. The molecule has 1 saturated carbocycles. The van der Waals surface area contributed by atoms with Crippen molar-refractivity contribution in [3.8, 4) is 0 Å². The van der Waals surface area contributed by atoms with Crippen molar-refractivity contribution in [2.75, 3.05) is 26.7 Å². The van der Waals surface area contributed by atoms with E-state index in [-0.39, 0.29) is 18.0 Å². The van der Waals surface area contributed by atoms with E-state index in [9.17, 15) is 18.0 Å². The number of carbonyl (C=O) groups excluding carboxylic acids is 1. The molecule has 0 atom stereocenters. The van der Waals surface area contributed by atoms with Crippen molar-refractivity contribution in [3.05, 3.63) is 23.0 Å². The Hall–Kier alpha value is -2.16. The zero-order chi connectivity index (χ0) is 22.3. The molecule has 1 aliphatic carbocycles. The number of fused-ring (bicyclic) bond motifs is 1. The third kappa shape index (κ3) is 5.30. The predicted molar refractivity (Wildman–Crippen MR) is 110 cm³/mol. The Bertz CT molecular complexity index is 925. The number of hydrogen-bond donors (Lipinski definition) is 1. The summed E-state index contributed by atoms with van der Waals surface area (Å²) < 4.78 is 39.1. The quantitative estimate of drug-likeness (QED) is 0.682. The molecule has 1 amide bonds. The van der Waals surface area contributed by atoms with E-state index in [4.69, 9.17) is 4.98 Å². The van der Waals surface area contributed by atoms with Gasteiger partial charge in [0.05, 0.1) is 28.7 Å². The lowest BCUT2D eigenvalue weighted by Gasteiger charge is -2.20. The monoisotopic (exact) mass is 425 g/mol. The first-order valence-electron chi connectivity index (χ1n) is 10.3. The van der Waals surface area contributed by atoms with Crippen molar-refractivity contribution < 1.29 is 18.0 Å². The summed E-state index contributed by atoms with van der Waals surface area (Å²) >= 11 is 0. The average Bonchev–Trinajstić information content (AvgIpc) is 3.39. The molecule has 0 radical (unpaired) electrons. The number of nitrogens with zero attached hydrogens (tertiary/aromatic N) is 4. The number of rotatable bonds is 7. The second-order valence-corrected chi connectivity index (χ2v) is 9.20. The Morgan fingerprint density at radius 1 is 1.30 bits per heavy atom. The number of amides is 1. The van der Waals surface area contributed by atoms with Gasteiger partial charge in [0, 0.05) is 18.2 Å². The Morgan fingerprint density at radius 2 is 1.97 bits per heavy atom. The Labute approximate surface area is 174 Å². The average molecular weight is 425 g/mol. The van der Waals surface area contributed by atoms with Crippen molar-refractivity contribution in [1.82, 2.24) is 25.0 Å². The number of aryl methyl sites for hydroxylation is 1. The Morgan fingerprint density at radius 3 is 2.53 bits per heavy atom. The zero-order valence-corrected chi connectivity index (χ0v) is 18.2. The molecule has 3 rings (SSSR count). The first-order chi connectivity index (χ1) is 13.9. The van der Waals surface area contributed by atoms with Gasteiger partial charge in [0.25, 0.3) is 5.91 Å². The van der Waals surface area contributed by atoms with Gasteiger partial charge in [-0.3, -0.25) is 9.69 Å². The number of pyridine rings is 1. The molecule has 2 aromatic rings. The number of alkyl halides is 3. The standard InChI is InChI=1S/C21H30F3N5O/c1-13-17-15(19(30)25-9-6-10-28(5)12-21(22,23)24)11-16(14-7-8-14)26-18(17)29(27-13)20(2,3)4/h11,14H,6-10,12H2,1-5H3,(H,25,30). The fraction of sp³-hybridized carbons (Fsp3) is 0.667. The normalized spacial score (nSPS) is 15.2. The maximum Gasteiger partial charge on any atom is 0.401 e. The van der Waals surface area contributed by atoms with Crippen LogP contribution in [-0.2, 0) is 5.54 Å². The number of halogens is 3. The highest BCUT2D eigenvalue weighted by atomic mass is 19.4. The molecule has 2 heterocycles. The molecular formula is C21H30F3N5O. The summed E-state index contributed by atoms with van der Waals surface area (Å²) in [7, 11) is 1.42. The van der Waals surface area contributed by atoms with Crippen LogP contribution in [0.1, 0.15) is 67.7 Å². The highest BCUT2D eigenvalue weighted by Crippen LogP contribution is 2.41. The van der Waals surface area contributed by atoms with Crippen LogP contribution in [0.15, 0.2) is 6.07 Å². The summed E-state index contributed by atoms with van der Waals surface area (Å²) in [5.41, 5.74) is 2.61. The van der Waals surface area contributed by atoms with Gasteiger partial charge in [0.1, 0.15) is 0 Å². The molecule has 1 fully saturated rings. The Balaban J connectivity index is 1.78. The maximum absolute atomic E-state index is 13.0. The van der Waals surface area contributed by atoms with E-state index < -0.39 is 12.7 Å². The second kappa shape index (κ2) is 8.17. The van der Waals surface area contributed by atoms with E-state index in [2.05, 4.69) is 10.4 Å². The smallest absolute Gasteiger partial charge is 0.352 e.